The first-order valence-corrected chi connectivity index (χ1v) is 21.2. The van der Waals surface area contributed by atoms with Crippen LogP contribution in [0.25, 0.3) is 0 Å². The molecule has 0 bridgehead atoms. The number of nitrogens with zero attached hydrogens (tertiary/aromatic N) is 2. The lowest BCUT2D eigenvalue weighted by atomic mass is 10.0. The second-order valence-corrected chi connectivity index (χ2v) is 18.5. The number of carbonyl (C=O) groups is 5. The molecule has 1 saturated heterocycles. The van der Waals surface area contributed by atoms with Crippen LogP contribution in [0.5, 0.6) is 0 Å². The normalized spacial score (nSPS) is 29.1. The summed E-state index contributed by atoms with van der Waals surface area (Å²) in [6, 6.07) is 1.52. The van der Waals surface area contributed by atoms with Crippen LogP contribution in [0.3, 0.4) is 0 Å². The van der Waals surface area contributed by atoms with Crippen LogP contribution >= 0.6 is 0 Å². The zero-order valence-corrected chi connectivity index (χ0v) is 32.9. The second-order valence-electron chi connectivity index (χ2n) is 16.6. The lowest BCUT2D eigenvalue weighted by Gasteiger charge is -2.35. The maximum absolute atomic E-state index is 14.8. The topological polar surface area (TPSA) is 181 Å². The third-order valence-electron chi connectivity index (χ3n) is 11.1. The van der Waals surface area contributed by atoms with E-state index < -0.39 is 92.3 Å². The minimum Gasteiger partial charge on any atom is -0.444 e. The van der Waals surface area contributed by atoms with E-state index in [1.807, 2.05) is 19.1 Å². The van der Waals surface area contributed by atoms with Crippen molar-refractivity contribution in [1.29, 1.82) is 0 Å². The van der Waals surface area contributed by atoms with E-state index in [1.165, 1.54) is 15.9 Å². The number of hydrogen-bond donors (Lipinski definition) is 3. The van der Waals surface area contributed by atoms with Crippen LogP contribution in [0.1, 0.15) is 116 Å². The Balaban J connectivity index is 1.33. The Morgan fingerprint density at radius 1 is 1.07 bits per heavy atom. The Labute approximate surface area is 322 Å². The SMILES string of the molecule is CCCC[C@H]1[C@H](OC(=O)N2Cc3cccc(F)c3C2)C[C@H]2C(=O)N[C@]3(C(=O)NS(=O)(=O)C4CC4)C[C@H]3/C=C\CCCCC[C@H](NC(=O)OC(C)(C)C)C(=O)N21. The number of hydrogen-bond acceptors (Lipinski definition) is 9. The standard InChI is InChI=1S/C39H54FN5O9S/c1-5-6-17-30-32(53-37(50)44-22-24-13-12-15-28(40)27(24)23-44)20-31-33(46)42-39(35(48)43-55(51,52)26-18-19-26)21-25(39)14-10-8-7-9-11-16-29(34(47)45(30)31)41-36(49)54-38(2,3)4/h10,12-15,25-26,29-32H,5-9,11,16-23H2,1-4H3,(H,41,49)(H,42,46)(H,43,48)/b14-10-/t25-,29+,30+,31+,32-,39-/m1/s1. The van der Waals surface area contributed by atoms with E-state index in [2.05, 4.69) is 15.4 Å². The van der Waals surface area contributed by atoms with Gasteiger partial charge in [-0.1, -0.05) is 56.9 Å². The van der Waals surface area contributed by atoms with E-state index in [1.54, 1.807) is 32.9 Å². The molecule has 6 atom stereocenters. The molecule has 3 heterocycles. The molecular formula is C39H54FN5O9S. The van der Waals surface area contributed by atoms with E-state index >= 15 is 0 Å². The van der Waals surface area contributed by atoms with Crippen LogP contribution in [-0.2, 0) is 47.0 Å². The summed E-state index contributed by atoms with van der Waals surface area (Å²) in [6.07, 6.45) is 6.85. The molecule has 55 heavy (non-hydrogen) atoms. The van der Waals surface area contributed by atoms with Gasteiger partial charge in [-0.25, -0.2) is 22.4 Å². The van der Waals surface area contributed by atoms with E-state index in [0.29, 0.717) is 49.7 Å². The van der Waals surface area contributed by atoms with Crippen LogP contribution < -0.4 is 15.4 Å². The Kier molecular flexibility index (Phi) is 11.8. The third-order valence-corrected chi connectivity index (χ3v) is 12.9. The summed E-state index contributed by atoms with van der Waals surface area (Å²) >= 11 is 0. The summed E-state index contributed by atoms with van der Waals surface area (Å²) in [5.41, 5.74) is -1.37. The van der Waals surface area contributed by atoms with Gasteiger partial charge >= 0.3 is 12.2 Å². The van der Waals surface area contributed by atoms with E-state index in [0.717, 1.165) is 19.3 Å². The van der Waals surface area contributed by atoms with Crippen LogP contribution in [-0.4, -0.2) is 88.7 Å². The molecule has 302 valence electrons. The predicted molar refractivity (Wildman–Crippen MR) is 199 cm³/mol. The maximum atomic E-state index is 14.8. The number of rotatable bonds is 8. The average molecular weight is 788 g/mol. The molecule has 2 saturated carbocycles. The molecule has 14 nitrogen and oxygen atoms in total. The van der Waals surface area contributed by atoms with Gasteiger partial charge < -0.3 is 25.0 Å². The fourth-order valence-electron chi connectivity index (χ4n) is 7.93. The first-order chi connectivity index (χ1) is 26.0. The monoisotopic (exact) mass is 787 g/mol. The van der Waals surface area contributed by atoms with Crippen LogP contribution in [0.4, 0.5) is 14.0 Å². The molecule has 16 heteroatoms. The van der Waals surface area contributed by atoms with Crippen molar-refractivity contribution in [2.45, 2.75) is 158 Å². The summed E-state index contributed by atoms with van der Waals surface area (Å²) in [5.74, 6) is -3.01. The number of benzene rings is 1. The number of allylic oxidation sites excluding steroid dienone is 1. The second kappa shape index (κ2) is 16.1. The molecule has 5 amide bonds. The van der Waals surface area contributed by atoms with Crippen LogP contribution in [0.15, 0.2) is 30.4 Å². The molecule has 3 N–H and O–H groups in total. The van der Waals surface area contributed by atoms with Gasteiger partial charge in [0.1, 0.15) is 35.1 Å². The van der Waals surface area contributed by atoms with Gasteiger partial charge in [0.15, 0.2) is 0 Å². The van der Waals surface area contributed by atoms with Crippen molar-refractivity contribution in [1.82, 2.24) is 25.2 Å². The van der Waals surface area contributed by atoms with Gasteiger partial charge in [-0.3, -0.25) is 24.0 Å². The van der Waals surface area contributed by atoms with Crippen molar-refractivity contribution >= 4 is 39.9 Å². The minimum atomic E-state index is -3.94. The molecular weight excluding hydrogens is 734 g/mol. The van der Waals surface area contributed by atoms with Crippen molar-refractivity contribution in [3.63, 3.8) is 0 Å². The highest BCUT2D eigenvalue weighted by Crippen LogP contribution is 2.46. The predicted octanol–water partition coefficient (Wildman–Crippen LogP) is 4.70. The highest BCUT2D eigenvalue weighted by atomic mass is 32.2. The van der Waals surface area contributed by atoms with Gasteiger partial charge in [0.2, 0.25) is 21.8 Å². The van der Waals surface area contributed by atoms with Gasteiger partial charge in [0.05, 0.1) is 17.8 Å². The quantitative estimate of drug-likeness (QED) is 0.315. The Morgan fingerprint density at radius 3 is 2.53 bits per heavy atom. The fourth-order valence-corrected chi connectivity index (χ4v) is 9.30. The lowest BCUT2D eigenvalue weighted by Crippen LogP contribution is -2.59. The van der Waals surface area contributed by atoms with Gasteiger partial charge in [-0.05, 0) is 77.3 Å². The lowest BCUT2D eigenvalue weighted by molar-refractivity contribution is -0.143. The van der Waals surface area contributed by atoms with Crippen molar-refractivity contribution in [2.24, 2.45) is 5.92 Å². The number of nitrogens with one attached hydrogen (secondary N) is 3. The number of halogens is 1. The number of ether oxygens (including phenoxy) is 2. The molecule has 1 aromatic rings. The molecule has 0 aromatic heterocycles. The molecule has 1 aromatic carbocycles. The van der Waals surface area contributed by atoms with Gasteiger partial charge in [-0.15, -0.1) is 0 Å². The summed E-state index contributed by atoms with van der Waals surface area (Å²) in [4.78, 5) is 72.8. The number of unbranched alkanes of at least 4 members (excludes halogenated alkanes) is 1. The van der Waals surface area contributed by atoms with Crippen molar-refractivity contribution < 1.29 is 46.3 Å². The summed E-state index contributed by atoms with van der Waals surface area (Å²) in [7, 11) is -3.94. The molecule has 0 spiro atoms. The zero-order valence-electron chi connectivity index (χ0n) is 32.1. The highest BCUT2D eigenvalue weighted by molar-refractivity contribution is 7.91. The number of sulfonamides is 1. The molecule has 2 aliphatic carbocycles. The van der Waals surface area contributed by atoms with Gasteiger partial charge in [0, 0.05) is 24.4 Å². The zero-order chi connectivity index (χ0) is 39.7. The van der Waals surface area contributed by atoms with E-state index in [-0.39, 0.29) is 32.4 Å². The Morgan fingerprint density at radius 2 is 1.84 bits per heavy atom. The number of carbonyl (C=O) groups excluding carboxylic acids is 5. The Hall–Kier alpha value is -4.21. The molecule has 6 rings (SSSR count). The first-order valence-electron chi connectivity index (χ1n) is 19.6. The smallest absolute Gasteiger partial charge is 0.410 e. The van der Waals surface area contributed by atoms with Crippen LogP contribution in [0.2, 0.25) is 0 Å². The van der Waals surface area contributed by atoms with Crippen LogP contribution in [0, 0.1) is 11.7 Å². The third kappa shape index (κ3) is 9.26. The molecule has 3 aliphatic heterocycles. The summed E-state index contributed by atoms with van der Waals surface area (Å²) in [5, 5.41) is 4.94. The van der Waals surface area contributed by atoms with Gasteiger partial charge in [0.25, 0.3) is 5.91 Å². The van der Waals surface area contributed by atoms with Crippen molar-refractivity contribution in [3.05, 3.63) is 47.3 Å². The molecule has 0 unspecified atom stereocenters. The summed E-state index contributed by atoms with van der Waals surface area (Å²) in [6.45, 7) is 7.22. The molecule has 5 aliphatic rings. The number of fused-ring (bicyclic) bond motifs is 3. The largest absolute Gasteiger partial charge is 0.444 e. The van der Waals surface area contributed by atoms with Crippen molar-refractivity contribution in [3.8, 4) is 0 Å². The van der Waals surface area contributed by atoms with Crippen molar-refractivity contribution in [2.75, 3.05) is 0 Å². The highest BCUT2D eigenvalue weighted by Gasteiger charge is 2.62. The van der Waals surface area contributed by atoms with E-state index in [9.17, 15) is 36.8 Å². The Bertz CT molecular complexity index is 1810. The van der Waals surface area contributed by atoms with E-state index in [4.69, 9.17) is 9.47 Å². The summed E-state index contributed by atoms with van der Waals surface area (Å²) < 4.78 is 54.2. The molecule has 3 fully saturated rings. The number of alkyl carbamates (subject to hydrolysis) is 1. The first kappa shape index (κ1) is 40.5. The fraction of sp³-hybridized carbons (Fsp3) is 0.667. The molecule has 0 radical (unpaired) electrons. The van der Waals surface area contributed by atoms with Gasteiger partial charge in [-0.2, -0.15) is 0 Å². The minimum absolute atomic E-state index is 0.00205. The maximum Gasteiger partial charge on any atom is 0.410 e. The average Bonchev–Trinajstić information content (AvgIpc) is 4.00. The number of amides is 5.